The first-order valence-corrected chi connectivity index (χ1v) is 7.04. The second-order valence-corrected chi connectivity index (χ2v) is 5.70. The molecule has 0 radical (unpaired) electrons. The smallest absolute Gasteiger partial charge is 0.346 e. The molecule has 120 valence electrons. The fraction of sp³-hybridized carbons (Fsp3) is 0.467. The van der Waals surface area contributed by atoms with Crippen LogP contribution in [-0.2, 0) is 11.2 Å². The maximum atomic E-state index is 13.0. The fourth-order valence-corrected chi connectivity index (χ4v) is 2.27. The van der Waals surface area contributed by atoms with Crippen molar-refractivity contribution in [3.8, 4) is 0 Å². The lowest BCUT2D eigenvalue weighted by atomic mass is 10.0. The first kappa shape index (κ1) is 16.3. The van der Waals surface area contributed by atoms with Crippen LogP contribution < -0.4 is 10.6 Å². The summed E-state index contributed by atoms with van der Waals surface area (Å²) >= 11 is 0. The minimum Gasteiger partial charge on any atom is -0.346 e. The number of halogens is 3. The highest BCUT2D eigenvalue weighted by molar-refractivity contribution is 5.95. The summed E-state index contributed by atoms with van der Waals surface area (Å²) in [5, 5.41) is 4.93. The predicted octanol–water partition coefficient (Wildman–Crippen LogP) is 3.03. The van der Waals surface area contributed by atoms with Crippen LogP contribution in [-0.4, -0.2) is 23.1 Å². The van der Waals surface area contributed by atoms with Gasteiger partial charge in [0.2, 0.25) is 5.91 Å². The Morgan fingerprint density at radius 3 is 2.82 bits per heavy atom. The Balaban J connectivity index is 2.07. The van der Waals surface area contributed by atoms with E-state index >= 15 is 0 Å². The number of anilines is 1. The molecule has 2 N–H and O–H groups in total. The third-order valence-corrected chi connectivity index (χ3v) is 3.35. The zero-order valence-electron chi connectivity index (χ0n) is 12.4. The Kier molecular flexibility index (Phi) is 4.73. The first-order valence-electron chi connectivity index (χ1n) is 7.04. The van der Waals surface area contributed by atoms with Crippen molar-refractivity contribution in [1.29, 1.82) is 0 Å². The molecule has 4 nitrogen and oxygen atoms in total. The number of nitrogens with one attached hydrogen (secondary N) is 2. The maximum Gasteiger partial charge on any atom is 0.408 e. The van der Waals surface area contributed by atoms with E-state index in [1.807, 2.05) is 0 Å². The van der Waals surface area contributed by atoms with E-state index < -0.39 is 18.1 Å². The summed E-state index contributed by atoms with van der Waals surface area (Å²) in [4.78, 5) is 16.2. The molecule has 0 aromatic carbocycles. The summed E-state index contributed by atoms with van der Waals surface area (Å²) in [6.07, 6.45) is -1.33. The van der Waals surface area contributed by atoms with Crippen molar-refractivity contribution in [3.05, 3.63) is 35.7 Å². The molecule has 0 bridgehead atoms. The molecule has 0 spiro atoms. The second kappa shape index (κ2) is 6.37. The molecule has 0 saturated heterocycles. The summed E-state index contributed by atoms with van der Waals surface area (Å²) in [7, 11) is 0. The monoisotopic (exact) mass is 313 g/mol. The molecule has 2 rings (SSSR count). The third-order valence-electron chi connectivity index (χ3n) is 3.35. The normalized spacial score (nSPS) is 15.6. The van der Waals surface area contributed by atoms with E-state index in [4.69, 9.17) is 0 Å². The van der Waals surface area contributed by atoms with E-state index in [0.29, 0.717) is 5.82 Å². The molecule has 1 unspecified atom stereocenters. The molecule has 1 aromatic rings. The molecule has 1 aliphatic rings. The Morgan fingerprint density at radius 1 is 1.45 bits per heavy atom. The fourth-order valence-electron chi connectivity index (χ4n) is 2.27. The summed E-state index contributed by atoms with van der Waals surface area (Å²) < 4.78 is 39.0. The van der Waals surface area contributed by atoms with Crippen molar-refractivity contribution in [2.45, 2.75) is 38.9 Å². The number of aromatic nitrogens is 1. The van der Waals surface area contributed by atoms with Crippen molar-refractivity contribution >= 4 is 11.7 Å². The molecule has 1 aliphatic heterocycles. The second-order valence-electron chi connectivity index (χ2n) is 5.70. The van der Waals surface area contributed by atoms with Crippen LogP contribution >= 0.6 is 0 Å². The lowest BCUT2D eigenvalue weighted by Crippen LogP contribution is -2.47. The van der Waals surface area contributed by atoms with Crippen LogP contribution in [0.3, 0.4) is 0 Å². The summed E-state index contributed by atoms with van der Waals surface area (Å²) in [5.41, 5.74) is 1.04. The number of hydrogen-bond acceptors (Lipinski definition) is 3. The Hall–Kier alpha value is -2.05. The first-order chi connectivity index (χ1) is 10.3. The third kappa shape index (κ3) is 3.99. The lowest BCUT2D eigenvalue weighted by molar-refractivity contribution is -0.163. The predicted molar refractivity (Wildman–Crippen MR) is 77.1 cm³/mol. The van der Waals surface area contributed by atoms with Gasteiger partial charge in [0.15, 0.2) is 0 Å². The van der Waals surface area contributed by atoms with Crippen molar-refractivity contribution in [1.82, 2.24) is 10.3 Å². The Bertz CT molecular complexity index is 582. The summed E-state index contributed by atoms with van der Waals surface area (Å²) in [6, 6.07) is 1.67. The van der Waals surface area contributed by atoms with E-state index in [1.54, 1.807) is 32.2 Å². The van der Waals surface area contributed by atoms with E-state index in [-0.39, 0.29) is 24.3 Å². The highest BCUT2D eigenvalue weighted by atomic mass is 19.4. The number of rotatable bonds is 4. The standard InChI is InChI=1S/C15H18F3N3O/c1-9(2)6-12(15(16,17)18)21-14(22)11-7-10-4-3-5-19-13(10)20-8-11/h3-5,8-9,12H,6-7H2,1-2H3,(H,19,20)(H,21,22). The largest absolute Gasteiger partial charge is 0.408 e. The van der Waals surface area contributed by atoms with Gasteiger partial charge < -0.3 is 10.6 Å². The van der Waals surface area contributed by atoms with Crippen LogP contribution in [0.4, 0.5) is 19.0 Å². The molecule has 1 atom stereocenters. The van der Waals surface area contributed by atoms with Gasteiger partial charge in [-0.05, 0) is 24.0 Å². The van der Waals surface area contributed by atoms with Crippen LogP contribution in [0.2, 0.25) is 0 Å². The lowest BCUT2D eigenvalue weighted by Gasteiger charge is -2.25. The highest BCUT2D eigenvalue weighted by Crippen LogP contribution is 2.26. The number of hydrogen-bond donors (Lipinski definition) is 2. The van der Waals surface area contributed by atoms with Crippen molar-refractivity contribution in [3.63, 3.8) is 0 Å². The van der Waals surface area contributed by atoms with Crippen LogP contribution in [0.5, 0.6) is 0 Å². The molecule has 0 saturated carbocycles. The van der Waals surface area contributed by atoms with Gasteiger partial charge in [0.1, 0.15) is 11.9 Å². The van der Waals surface area contributed by atoms with Gasteiger partial charge in [-0.1, -0.05) is 19.9 Å². The van der Waals surface area contributed by atoms with Crippen LogP contribution in [0.1, 0.15) is 25.8 Å². The van der Waals surface area contributed by atoms with Crippen LogP contribution in [0, 0.1) is 5.92 Å². The van der Waals surface area contributed by atoms with Gasteiger partial charge in [0.25, 0.3) is 0 Å². The zero-order chi connectivity index (χ0) is 16.3. The quantitative estimate of drug-likeness (QED) is 0.898. The molecule has 1 aromatic heterocycles. The average molecular weight is 313 g/mol. The molecule has 22 heavy (non-hydrogen) atoms. The number of alkyl halides is 3. The van der Waals surface area contributed by atoms with E-state index in [0.717, 1.165) is 5.56 Å². The van der Waals surface area contributed by atoms with Gasteiger partial charge in [-0.25, -0.2) is 4.98 Å². The van der Waals surface area contributed by atoms with Gasteiger partial charge in [0, 0.05) is 24.4 Å². The van der Waals surface area contributed by atoms with Gasteiger partial charge >= 0.3 is 6.18 Å². The Morgan fingerprint density at radius 2 is 2.18 bits per heavy atom. The van der Waals surface area contributed by atoms with Crippen LogP contribution in [0.25, 0.3) is 0 Å². The molecule has 0 fully saturated rings. The van der Waals surface area contributed by atoms with E-state index in [9.17, 15) is 18.0 Å². The Labute approximate surface area is 126 Å². The van der Waals surface area contributed by atoms with E-state index in [2.05, 4.69) is 15.6 Å². The van der Waals surface area contributed by atoms with Gasteiger partial charge in [-0.2, -0.15) is 13.2 Å². The number of pyridine rings is 1. The van der Waals surface area contributed by atoms with Crippen molar-refractivity contribution < 1.29 is 18.0 Å². The van der Waals surface area contributed by atoms with Gasteiger partial charge in [-0.3, -0.25) is 4.79 Å². The van der Waals surface area contributed by atoms with Crippen molar-refractivity contribution in [2.75, 3.05) is 5.32 Å². The van der Waals surface area contributed by atoms with E-state index in [1.165, 1.54) is 6.20 Å². The minimum atomic E-state index is -4.46. The molecule has 7 heteroatoms. The summed E-state index contributed by atoms with van der Waals surface area (Å²) in [6.45, 7) is 3.38. The highest BCUT2D eigenvalue weighted by Gasteiger charge is 2.41. The van der Waals surface area contributed by atoms with Gasteiger partial charge in [-0.15, -0.1) is 0 Å². The number of carbonyl (C=O) groups is 1. The molecule has 1 amide bonds. The number of nitrogens with zero attached hydrogens (tertiary/aromatic N) is 1. The number of carbonyl (C=O) groups excluding carboxylic acids is 1. The minimum absolute atomic E-state index is 0.145. The van der Waals surface area contributed by atoms with Crippen LogP contribution in [0.15, 0.2) is 30.1 Å². The molecule has 2 heterocycles. The molecular weight excluding hydrogens is 295 g/mol. The number of amides is 1. The maximum absolute atomic E-state index is 13.0. The van der Waals surface area contributed by atoms with Crippen molar-refractivity contribution in [2.24, 2.45) is 5.92 Å². The molecular formula is C15H18F3N3O. The SMILES string of the molecule is CC(C)CC(NC(=O)C1=CNc2ncccc2C1)C(F)(F)F. The molecule has 0 aliphatic carbocycles. The average Bonchev–Trinajstić information content (AvgIpc) is 2.44. The number of fused-ring (bicyclic) bond motifs is 1. The summed E-state index contributed by atoms with van der Waals surface area (Å²) in [5.74, 6) is -0.256. The topological polar surface area (TPSA) is 54.0 Å². The zero-order valence-corrected chi connectivity index (χ0v) is 12.4. The van der Waals surface area contributed by atoms with Gasteiger partial charge in [0.05, 0.1) is 0 Å².